The molecule has 1 aromatic carbocycles. The lowest BCUT2D eigenvalue weighted by molar-refractivity contribution is -0.385. The van der Waals surface area contributed by atoms with Crippen LogP contribution in [-0.4, -0.2) is 9.91 Å². The SMILES string of the molecule is Cc1cc(C(F)(F)F)c(C#N)c(SCc2ccc(Cl)cc2[N+](=O)[O-])n1. The Labute approximate surface area is 149 Å². The second kappa shape index (κ2) is 7.29. The van der Waals surface area contributed by atoms with Crippen molar-refractivity contribution < 1.29 is 18.1 Å². The average molecular weight is 388 g/mol. The summed E-state index contributed by atoms with van der Waals surface area (Å²) in [6.07, 6.45) is -4.69. The van der Waals surface area contributed by atoms with Crippen LogP contribution in [0.5, 0.6) is 0 Å². The predicted octanol–water partition coefficient (Wildman–Crippen LogP) is 5.13. The minimum absolute atomic E-state index is 0.0318. The number of nitrogens with zero attached hydrogens (tertiary/aromatic N) is 3. The summed E-state index contributed by atoms with van der Waals surface area (Å²) in [6, 6.07) is 6.34. The molecule has 0 bridgehead atoms. The van der Waals surface area contributed by atoms with E-state index < -0.39 is 22.2 Å². The van der Waals surface area contributed by atoms with Gasteiger partial charge in [-0.1, -0.05) is 11.6 Å². The van der Waals surface area contributed by atoms with Crippen molar-refractivity contribution in [3.63, 3.8) is 0 Å². The van der Waals surface area contributed by atoms with Crippen LogP contribution >= 0.6 is 23.4 Å². The van der Waals surface area contributed by atoms with Crippen LogP contribution in [0.25, 0.3) is 0 Å². The number of halogens is 4. The zero-order valence-corrected chi connectivity index (χ0v) is 14.2. The van der Waals surface area contributed by atoms with Gasteiger partial charge >= 0.3 is 6.18 Å². The van der Waals surface area contributed by atoms with E-state index in [9.17, 15) is 23.3 Å². The maximum atomic E-state index is 13.1. The summed E-state index contributed by atoms with van der Waals surface area (Å²) in [6.45, 7) is 1.38. The number of thioether (sulfide) groups is 1. The maximum Gasteiger partial charge on any atom is 0.417 e. The van der Waals surface area contributed by atoms with E-state index in [-0.39, 0.29) is 32.7 Å². The fourth-order valence-corrected chi connectivity index (χ4v) is 3.27. The second-order valence-electron chi connectivity index (χ2n) is 4.92. The first-order valence-electron chi connectivity index (χ1n) is 6.68. The number of alkyl halides is 3. The van der Waals surface area contributed by atoms with Crippen LogP contribution in [0.3, 0.4) is 0 Å². The summed E-state index contributed by atoms with van der Waals surface area (Å²) in [7, 11) is 0. The molecule has 0 saturated carbocycles. The zero-order valence-electron chi connectivity index (χ0n) is 12.6. The zero-order chi connectivity index (χ0) is 18.8. The second-order valence-corrected chi connectivity index (χ2v) is 6.32. The molecule has 2 aromatic rings. The standard InChI is InChI=1S/C15H9ClF3N3O2S/c1-8-4-12(15(17,18)19)11(6-20)14(21-8)25-7-9-2-3-10(16)5-13(9)22(23)24/h2-5H,7H2,1H3. The molecule has 0 unspecified atom stereocenters. The van der Waals surface area contributed by atoms with Crippen LogP contribution in [0.15, 0.2) is 29.3 Å². The predicted molar refractivity (Wildman–Crippen MR) is 86.4 cm³/mol. The van der Waals surface area contributed by atoms with Crippen molar-refractivity contribution in [2.24, 2.45) is 0 Å². The Morgan fingerprint density at radius 1 is 1.40 bits per heavy atom. The smallest absolute Gasteiger partial charge is 0.258 e. The summed E-state index contributed by atoms with van der Waals surface area (Å²) >= 11 is 6.55. The van der Waals surface area contributed by atoms with E-state index in [1.807, 2.05) is 0 Å². The van der Waals surface area contributed by atoms with Gasteiger partial charge in [-0.25, -0.2) is 4.98 Å². The molecule has 0 aliphatic carbocycles. The molecule has 0 amide bonds. The molecule has 0 fully saturated rings. The molecule has 130 valence electrons. The van der Waals surface area contributed by atoms with Crippen LogP contribution in [0.1, 0.15) is 22.4 Å². The van der Waals surface area contributed by atoms with E-state index in [0.717, 1.165) is 23.9 Å². The number of benzene rings is 1. The molecule has 0 radical (unpaired) electrons. The van der Waals surface area contributed by atoms with E-state index in [0.29, 0.717) is 0 Å². The lowest BCUT2D eigenvalue weighted by Gasteiger charge is -2.12. The number of hydrogen-bond acceptors (Lipinski definition) is 5. The topological polar surface area (TPSA) is 79.8 Å². The number of aryl methyl sites for hydroxylation is 1. The van der Waals surface area contributed by atoms with Gasteiger partial charge in [0.2, 0.25) is 0 Å². The number of aromatic nitrogens is 1. The minimum Gasteiger partial charge on any atom is -0.258 e. The third kappa shape index (κ3) is 4.41. The molecule has 0 spiro atoms. The van der Waals surface area contributed by atoms with Gasteiger partial charge in [-0.2, -0.15) is 18.4 Å². The Morgan fingerprint density at radius 3 is 2.64 bits per heavy atom. The average Bonchev–Trinajstić information content (AvgIpc) is 2.52. The molecule has 25 heavy (non-hydrogen) atoms. The lowest BCUT2D eigenvalue weighted by Crippen LogP contribution is -2.10. The Kier molecular flexibility index (Phi) is 5.55. The highest BCUT2D eigenvalue weighted by Gasteiger charge is 2.35. The molecule has 1 heterocycles. The number of pyridine rings is 1. The van der Waals surface area contributed by atoms with Crippen molar-refractivity contribution in [1.29, 1.82) is 5.26 Å². The van der Waals surface area contributed by atoms with Crippen molar-refractivity contribution in [2.75, 3.05) is 0 Å². The largest absolute Gasteiger partial charge is 0.417 e. The number of rotatable bonds is 4. The van der Waals surface area contributed by atoms with Gasteiger partial charge in [-0.15, -0.1) is 11.8 Å². The van der Waals surface area contributed by atoms with Crippen LogP contribution in [0, 0.1) is 28.4 Å². The summed E-state index contributed by atoms with van der Waals surface area (Å²) in [5.41, 5.74) is -1.56. The number of nitro groups is 1. The third-order valence-electron chi connectivity index (χ3n) is 3.14. The van der Waals surface area contributed by atoms with E-state index in [2.05, 4.69) is 4.98 Å². The van der Waals surface area contributed by atoms with Gasteiger partial charge in [0.05, 0.1) is 16.1 Å². The number of nitro benzene ring substituents is 1. The van der Waals surface area contributed by atoms with Crippen LogP contribution in [0.4, 0.5) is 18.9 Å². The fourth-order valence-electron chi connectivity index (χ4n) is 2.06. The number of nitriles is 1. The van der Waals surface area contributed by atoms with Gasteiger partial charge in [0.15, 0.2) is 0 Å². The maximum absolute atomic E-state index is 13.1. The van der Waals surface area contributed by atoms with Crippen molar-refractivity contribution in [3.8, 4) is 6.07 Å². The van der Waals surface area contributed by atoms with Crippen LogP contribution in [-0.2, 0) is 11.9 Å². The first kappa shape index (κ1) is 19.0. The van der Waals surface area contributed by atoms with E-state index in [1.54, 1.807) is 0 Å². The van der Waals surface area contributed by atoms with Crippen LogP contribution in [0.2, 0.25) is 5.02 Å². The highest BCUT2D eigenvalue weighted by Crippen LogP contribution is 2.37. The summed E-state index contributed by atoms with van der Waals surface area (Å²) < 4.78 is 39.2. The van der Waals surface area contributed by atoms with Crippen molar-refractivity contribution >= 4 is 29.1 Å². The summed E-state index contributed by atoms with van der Waals surface area (Å²) in [4.78, 5) is 14.4. The Balaban J connectivity index is 2.41. The van der Waals surface area contributed by atoms with Crippen LogP contribution < -0.4 is 0 Å². The lowest BCUT2D eigenvalue weighted by atomic mass is 10.1. The highest BCUT2D eigenvalue weighted by molar-refractivity contribution is 7.98. The van der Waals surface area contributed by atoms with Gasteiger partial charge in [-0.05, 0) is 25.1 Å². The Bertz CT molecular complexity index is 882. The Morgan fingerprint density at radius 2 is 2.08 bits per heavy atom. The molecule has 0 saturated heterocycles. The van der Waals surface area contributed by atoms with Gasteiger partial charge in [0.25, 0.3) is 5.69 Å². The van der Waals surface area contributed by atoms with E-state index >= 15 is 0 Å². The Hall–Kier alpha value is -2.31. The molecule has 0 aliphatic heterocycles. The normalized spacial score (nSPS) is 11.2. The molecule has 1 aromatic heterocycles. The van der Waals surface area contributed by atoms with Crippen molar-refractivity contribution in [3.05, 3.63) is 61.8 Å². The van der Waals surface area contributed by atoms with Gasteiger partial charge in [0, 0.05) is 28.1 Å². The third-order valence-corrected chi connectivity index (χ3v) is 4.40. The highest BCUT2D eigenvalue weighted by atomic mass is 35.5. The molecule has 0 aliphatic rings. The fraction of sp³-hybridized carbons (Fsp3) is 0.200. The molecular weight excluding hydrogens is 379 g/mol. The molecule has 0 N–H and O–H groups in total. The molecule has 10 heteroatoms. The summed E-state index contributed by atoms with van der Waals surface area (Å²) in [5, 5.41) is 20.2. The first-order valence-corrected chi connectivity index (χ1v) is 8.04. The van der Waals surface area contributed by atoms with Crippen molar-refractivity contribution in [2.45, 2.75) is 23.9 Å². The van der Waals surface area contributed by atoms with Gasteiger partial charge in [0.1, 0.15) is 11.1 Å². The molecular formula is C15H9ClF3N3O2S. The first-order chi connectivity index (χ1) is 11.6. The minimum atomic E-state index is -4.69. The van der Waals surface area contributed by atoms with Gasteiger partial charge < -0.3 is 0 Å². The molecule has 0 atom stereocenters. The molecule has 5 nitrogen and oxygen atoms in total. The summed E-state index contributed by atoms with van der Waals surface area (Å²) in [5.74, 6) is -0.0318. The van der Waals surface area contributed by atoms with Gasteiger partial charge in [-0.3, -0.25) is 10.1 Å². The number of hydrogen-bond donors (Lipinski definition) is 0. The van der Waals surface area contributed by atoms with E-state index in [1.165, 1.54) is 25.1 Å². The van der Waals surface area contributed by atoms with E-state index in [4.69, 9.17) is 16.9 Å². The molecule has 2 rings (SSSR count). The quantitative estimate of drug-likeness (QED) is 0.412. The van der Waals surface area contributed by atoms with Crippen molar-refractivity contribution in [1.82, 2.24) is 4.98 Å². The monoisotopic (exact) mass is 387 g/mol.